The standard InChI is InChI=1S/C13H16N4/c1-16-13(4-5-15-16)9-17-7-10-2-3-12(14)6-11(10)8-17/h2-6H,7-9,14H2,1H3. The summed E-state index contributed by atoms with van der Waals surface area (Å²) in [5.74, 6) is 0. The molecule has 2 N–H and O–H groups in total. The van der Waals surface area contributed by atoms with Crippen molar-refractivity contribution in [2.24, 2.45) is 7.05 Å². The molecule has 4 nitrogen and oxygen atoms in total. The van der Waals surface area contributed by atoms with E-state index in [-0.39, 0.29) is 0 Å². The van der Waals surface area contributed by atoms with Gasteiger partial charge in [-0.25, -0.2) is 0 Å². The first-order valence-corrected chi connectivity index (χ1v) is 5.79. The zero-order valence-electron chi connectivity index (χ0n) is 9.93. The van der Waals surface area contributed by atoms with Gasteiger partial charge in [-0.1, -0.05) is 6.07 Å². The van der Waals surface area contributed by atoms with Crippen molar-refractivity contribution < 1.29 is 0 Å². The van der Waals surface area contributed by atoms with Crippen LogP contribution < -0.4 is 5.73 Å². The van der Waals surface area contributed by atoms with Crippen molar-refractivity contribution in [3.8, 4) is 0 Å². The second kappa shape index (κ2) is 3.89. The summed E-state index contributed by atoms with van der Waals surface area (Å²) >= 11 is 0. The highest BCUT2D eigenvalue weighted by molar-refractivity contribution is 5.46. The van der Waals surface area contributed by atoms with E-state index in [2.05, 4.69) is 28.2 Å². The third-order valence-electron chi connectivity index (χ3n) is 3.33. The second-order valence-corrected chi connectivity index (χ2v) is 4.62. The second-order valence-electron chi connectivity index (χ2n) is 4.62. The Morgan fingerprint density at radius 3 is 2.82 bits per heavy atom. The molecule has 88 valence electrons. The fourth-order valence-corrected chi connectivity index (χ4v) is 2.38. The quantitative estimate of drug-likeness (QED) is 0.793. The minimum Gasteiger partial charge on any atom is -0.399 e. The summed E-state index contributed by atoms with van der Waals surface area (Å²) in [5.41, 5.74) is 10.6. The van der Waals surface area contributed by atoms with E-state index in [4.69, 9.17) is 5.73 Å². The van der Waals surface area contributed by atoms with Crippen LogP contribution in [0.3, 0.4) is 0 Å². The third-order valence-corrected chi connectivity index (χ3v) is 3.33. The normalized spacial score (nSPS) is 15.1. The Balaban J connectivity index is 1.76. The number of nitrogens with two attached hydrogens (primary N) is 1. The maximum atomic E-state index is 5.80. The fraction of sp³-hybridized carbons (Fsp3) is 0.308. The first-order valence-electron chi connectivity index (χ1n) is 5.79. The van der Waals surface area contributed by atoms with Crippen LogP contribution in [0.2, 0.25) is 0 Å². The smallest absolute Gasteiger partial charge is 0.0521 e. The molecule has 0 atom stereocenters. The Morgan fingerprint density at radius 1 is 1.24 bits per heavy atom. The van der Waals surface area contributed by atoms with Gasteiger partial charge in [0.2, 0.25) is 0 Å². The minimum atomic E-state index is 0.853. The summed E-state index contributed by atoms with van der Waals surface area (Å²) in [4.78, 5) is 2.40. The fourth-order valence-electron chi connectivity index (χ4n) is 2.38. The molecular formula is C13H16N4. The predicted octanol–water partition coefficient (Wildman–Crippen LogP) is 1.52. The van der Waals surface area contributed by atoms with Crippen LogP contribution in [-0.2, 0) is 26.7 Å². The topological polar surface area (TPSA) is 47.1 Å². The van der Waals surface area contributed by atoms with E-state index in [0.29, 0.717) is 0 Å². The Morgan fingerprint density at radius 2 is 2.06 bits per heavy atom. The summed E-state index contributed by atoms with van der Waals surface area (Å²) in [6.45, 7) is 2.91. The van der Waals surface area contributed by atoms with Gasteiger partial charge in [-0.3, -0.25) is 9.58 Å². The molecule has 2 aromatic rings. The van der Waals surface area contributed by atoms with E-state index in [1.165, 1.54) is 16.8 Å². The molecule has 3 rings (SSSR count). The number of rotatable bonds is 2. The lowest BCUT2D eigenvalue weighted by atomic mass is 10.1. The molecule has 0 amide bonds. The van der Waals surface area contributed by atoms with Gasteiger partial charge >= 0.3 is 0 Å². The zero-order chi connectivity index (χ0) is 11.8. The Labute approximate surface area is 101 Å². The summed E-state index contributed by atoms with van der Waals surface area (Å²) in [7, 11) is 1.98. The van der Waals surface area contributed by atoms with Gasteiger partial charge in [0.1, 0.15) is 0 Å². The van der Waals surface area contributed by atoms with E-state index in [1.54, 1.807) is 0 Å². The number of anilines is 1. The van der Waals surface area contributed by atoms with Crippen LogP contribution in [-0.4, -0.2) is 14.7 Å². The van der Waals surface area contributed by atoms with Crippen LogP contribution in [0.4, 0.5) is 5.69 Å². The molecule has 17 heavy (non-hydrogen) atoms. The molecule has 0 spiro atoms. The van der Waals surface area contributed by atoms with Gasteiger partial charge < -0.3 is 5.73 Å². The van der Waals surface area contributed by atoms with E-state index < -0.39 is 0 Å². The molecule has 2 heterocycles. The lowest BCUT2D eigenvalue weighted by Gasteiger charge is -2.14. The van der Waals surface area contributed by atoms with Gasteiger partial charge in [0.05, 0.1) is 5.69 Å². The number of aromatic nitrogens is 2. The average molecular weight is 228 g/mol. The van der Waals surface area contributed by atoms with Crippen molar-refractivity contribution in [3.05, 3.63) is 47.3 Å². The molecule has 0 saturated carbocycles. The first kappa shape index (κ1) is 10.4. The first-order chi connectivity index (χ1) is 8.22. The van der Waals surface area contributed by atoms with Crippen LogP contribution in [0.5, 0.6) is 0 Å². The van der Waals surface area contributed by atoms with Crippen molar-refractivity contribution in [2.45, 2.75) is 19.6 Å². The molecule has 1 aromatic carbocycles. The summed E-state index contributed by atoms with van der Waals surface area (Å²) in [6, 6.07) is 8.26. The van der Waals surface area contributed by atoms with E-state index in [9.17, 15) is 0 Å². The third kappa shape index (κ3) is 1.91. The van der Waals surface area contributed by atoms with Crippen molar-refractivity contribution in [1.29, 1.82) is 0 Å². The number of fused-ring (bicyclic) bond motifs is 1. The largest absolute Gasteiger partial charge is 0.399 e. The summed E-state index contributed by atoms with van der Waals surface area (Å²) < 4.78 is 1.93. The van der Waals surface area contributed by atoms with Crippen molar-refractivity contribution >= 4 is 5.69 Å². The molecule has 0 saturated heterocycles. The average Bonchev–Trinajstić information content (AvgIpc) is 2.85. The SMILES string of the molecule is Cn1nccc1CN1Cc2ccc(N)cc2C1. The number of aryl methyl sites for hydroxylation is 1. The number of benzene rings is 1. The monoisotopic (exact) mass is 228 g/mol. The van der Waals surface area contributed by atoms with Crippen molar-refractivity contribution in [3.63, 3.8) is 0 Å². The molecule has 0 radical (unpaired) electrons. The highest BCUT2D eigenvalue weighted by Crippen LogP contribution is 2.25. The molecule has 4 heteroatoms. The Hall–Kier alpha value is -1.81. The molecule has 1 aromatic heterocycles. The van der Waals surface area contributed by atoms with Gasteiger partial charge in [-0.15, -0.1) is 0 Å². The maximum absolute atomic E-state index is 5.80. The Bertz CT molecular complexity index is 544. The van der Waals surface area contributed by atoms with Crippen molar-refractivity contribution in [2.75, 3.05) is 5.73 Å². The molecule has 1 aliphatic rings. The molecule has 0 unspecified atom stereocenters. The number of nitrogen functional groups attached to an aromatic ring is 1. The molecule has 0 bridgehead atoms. The number of nitrogens with zero attached hydrogens (tertiary/aromatic N) is 3. The van der Waals surface area contributed by atoms with E-state index in [1.807, 2.05) is 24.0 Å². The van der Waals surface area contributed by atoms with Crippen LogP contribution in [0.1, 0.15) is 16.8 Å². The lowest BCUT2D eigenvalue weighted by molar-refractivity contribution is 0.267. The van der Waals surface area contributed by atoms with Crippen LogP contribution in [0, 0.1) is 0 Å². The molecular weight excluding hydrogens is 212 g/mol. The van der Waals surface area contributed by atoms with Crippen LogP contribution in [0.15, 0.2) is 30.5 Å². The van der Waals surface area contributed by atoms with Gasteiger partial charge in [0, 0.05) is 38.6 Å². The van der Waals surface area contributed by atoms with Crippen LogP contribution in [0.25, 0.3) is 0 Å². The van der Waals surface area contributed by atoms with E-state index >= 15 is 0 Å². The Kier molecular flexibility index (Phi) is 2.37. The van der Waals surface area contributed by atoms with Crippen molar-refractivity contribution in [1.82, 2.24) is 14.7 Å². The summed E-state index contributed by atoms with van der Waals surface area (Å²) in [5, 5.41) is 4.19. The van der Waals surface area contributed by atoms with Gasteiger partial charge in [-0.2, -0.15) is 5.10 Å². The molecule has 1 aliphatic heterocycles. The van der Waals surface area contributed by atoms with Gasteiger partial charge in [-0.05, 0) is 29.3 Å². The number of hydrogen-bond acceptors (Lipinski definition) is 3. The maximum Gasteiger partial charge on any atom is 0.0521 e. The van der Waals surface area contributed by atoms with E-state index in [0.717, 1.165) is 25.3 Å². The van der Waals surface area contributed by atoms with Gasteiger partial charge in [0.25, 0.3) is 0 Å². The summed E-state index contributed by atoms with van der Waals surface area (Å²) in [6.07, 6.45) is 1.84. The molecule has 0 aliphatic carbocycles. The van der Waals surface area contributed by atoms with Gasteiger partial charge in [0.15, 0.2) is 0 Å². The lowest BCUT2D eigenvalue weighted by Crippen LogP contribution is -2.17. The highest BCUT2D eigenvalue weighted by atomic mass is 15.3. The number of hydrogen-bond donors (Lipinski definition) is 1. The predicted molar refractivity (Wildman–Crippen MR) is 67.0 cm³/mol. The molecule has 0 fully saturated rings. The van der Waals surface area contributed by atoms with Crippen LogP contribution >= 0.6 is 0 Å². The minimum absolute atomic E-state index is 0.853. The highest BCUT2D eigenvalue weighted by Gasteiger charge is 2.19. The zero-order valence-corrected chi connectivity index (χ0v) is 9.93.